The van der Waals surface area contributed by atoms with E-state index in [0.717, 1.165) is 22.9 Å². The van der Waals surface area contributed by atoms with Crippen LogP contribution >= 0.6 is 11.6 Å². The standard InChI is InChI=1S/C29H35ClF3N7O3/c1-17-23(14-36-38(17)2)25(34)16-40(35)26-11-18(4-5-24(26)30)28(42)37-21-12-20(29(31,32)33)10-19(27(13-21)43-3)15-39-8-6-22(41)7-9-39/h4-5,10-12,14,16,22,41H,6-9,13,15,34-35H2,1-3H3,(H,37,42)/b25-16-. The minimum absolute atomic E-state index is 0.00629. The summed E-state index contributed by atoms with van der Waals surface area (Å²) < 4.78 is 49.3. The Morgan fingerprint density at radius 3 is 2.60 bits per heavy atom. The molecule has 1 amide bonds. The fraction of sp³-hybridized carbons (Fsp3) is 0.379. The number of hydrazine groups is 1. The number of rotatable bonds is 8. The molecule has 1 aliphatic heterocycles. The highest BCUT2D eigenvalue weighted by Gasteiger charge is 2.35. The van der Waals surface area contributed by atoms with E-state index >= 15 is 0 Å². The fourth-order valence-corrected chi connectivity index (χ4v) is 5.09. The zero-order valence-corrected chi connectivity index (χ0v) is 24.8. The lowest BCUT2D eigenvalue weighted by atomic mass is 10.1. The van der Waals surface area contributed by atoms with Gasteiger partial charge in [-0.25, -0.2) is 5.84 Å². The number of anilines is 1. The number of benzene rings is 1. The van der Waals surface area contributed by atoms with Crippen molar-refractivity contribution in [2.75, 3.05) is 31.8 Å². The topological polar surface area (TPSA) is 135 Å². The van der Waals surface area contributed by atoms with Gasteiger partial charge in [-0.1, -0.05) is 11.6 Å². The van der Waals surface area contributed by atoms with Crippen LogP contribution in [0, 0.1) is 6.92 Å². The van der Waals surface area contributed by atoms with Gasteiger partial charge in [-0.2, -0.15) is 18.3 Å². The van der Waals surface area contributed by atoms with Gasteiger partial charge in [0.05, 0.1) is 41.4 Å². The highest BCUT2D eigenvalue weighted by molar-refractivity contribution is 6.33. The maximum Gasteiger partial charge on any atom is 0.416 e. The van der Waals surface area contributed by atoms with Gasteiger partial charge in [-0.3, -0.25) is 19.4 Å². The van der Waals surface area contributed by atoms with Crippen LogP contribution in [0.2, 0.25) is 5.02 Å². The molecule has 0 unspecified atom stereocenters. The number of aliphatic hydroxyl groups is 1. The molecule has 0 bridgehead atoms. The number of hydrogen-bond donors (Lipinski definition) is 4. The molecule has 0 spiro atoms. The smallest absolute Gasteiger partial charge is 0.416 e. The predicted octanol–water partition coefficient (Wildman–Crippen LogP) is 3.88. The van der Waals surface area contributed by atoms with Crippen LogP contribution in [0.25, 0.3) is 5.70 Å². The monoisotopic (exact) mass is 621 g/mol. The van der Waals surface area contributed by atoms with Gasteiger partial charge < -0.3 is 20.9 Å². The number of nitrogens with one attached hydrogen (secondary N) is 1. The maximum absolute atomic E-state index is 14.0. The average molecular weight is 622 g/mol. The van der Waals surface area contributed by atoms with Crippen molar-refractivity contribution in [2.45, 2.75) is 38.5 Å². The Morgan fingerprint density at radius 1 is 1.30 bits per heavy atom. The first-order chi connectivity index (χ1) is 20.3. The molecule has 2 heterocycles. The lowest BCUT2D eigenvalue weighted by Crippen LogP contribution is -2.37. The molecule has 6 N–H and O–H groups in total. The van der Waals surface area contributed by atoms with Gasteiger partial charge in [-0.15, -0.1) is 0 Å². The number of methoxy groups -OCH3 is 1. The van der Waals surface area contributed by atoms with Crippen molar-refractivity contribution in [3.8, 4) is 0 Å². The summed E-state index contributed by atoms with van der Waals surface area (Å²) in [6.07, 6.45) is 0.916. The second-order valence-corrected chi connectivity index (χ2v) is 10.9. The molecule has 0 radical (unpaired) electrons. The molecule has 0 atom stereocenters. The van der Waals surface area contributed by atoms with Crippen LogP contribution in [0.1, 0.15) is 40.9 Å². The van der Waals surface area contributed by atoms with Crippen molar-refractivity contribution in [1.82, 2.24) is 20.0 Å². The van der Waals surface area contributed by atoms with Crippen LogP contribution in [0.3, 0.4) is 0 Å². The maximum atomic E-state index is 14.0. The number of amides is 1. The molecule has 2 aromatic rings. The van der Waals surface area contributed by atoms with Crippen LogP contribution in [0.4, 0.5) is 18.9 Å². The highest BCUT2D eigenvalue weighted by atomic mass is 35.5. The molecule has 4 rings (SSSR count). The largest absolute Gasteiger partial charge is 0.500 e. The number of alkyl halides is 3. The first kappa shape index (κ1) is 32.1. The third-order valence-corrected chi connectivity index (χ3v) is 7.80. The van der Waals surface area contributed by atoms with E-state index in [1.54, 1.807) is 17.9 Å². The number of carbonyl (C=O) groups excluding carboxylic acids is 1. The van der Waals surface area contributed by atoms with Gasteiger partial charge >= 0.3 is 6.18 Å². The molecule has 0 saturated carbocycles. The normalized spacial score (nSPS) is 17.4. The Bertz CT molecular complexity index is 1490. The van der Waals surface area contributed by atoms with Crippen molar-refractivity contribution >= 4 is 28.9 Å². The summed E-state index contributed by atoms with van der Waals surface area (Å²) in [5.74, 6) is 5.85. The van der Waals surface area contributed by atoms with Crippen molar-refractivity contribution in [2.24, 2.45) is 18.6 Å². The van der Waals surface area contributed by atoms with Gasteiger partial charge in [0.25, 0.3) is 5.91 Å². The highest BCUT2D eigenvalue weighted by Crippen LogP contribution is 2.34. The minimum atomic E-state index is -4.67. The van der Waals surface area contributed by atoms with E-state index in [0.29, 0.717) is 48.5 Å². The molecular formula is C29H35ClF3N7O3. The molecule has 1 saturated heterocycles. The summed E-state index contributed by atoms with van der Waals surface area (Å²) >= 11 is 6.36. The van der Waals surface area contributed by atoms with Crippen LogP contribution < -0.4 is 21.9 Å². The van der Waals surface area contributed by atoms with Crippen molar-refractivity contribution in [3.63, 3.8) is 0 Å². The van der Waals surface area contributed by atoms with Gasteiger partial charge in [0, 0.05) is 67.4 Å². The summed E-state index contributed by atoms with van der Waals surface area (Å²) in [5.41, 5.74) is 7.80. The number of allylic oxidation sites excluding steroid dienone is 2. The number of nitrogens with two attached hydrogens (primary N) is 2. The molecule has 10 nitrogen and oxygen atoms in total. The number of carbonyl (C=O) groups is 1. The third kappa shape index (κ3) is 7.79. The predicted molar refractivity (Wildman–Crippen MR) is 158 cm³/mol. The second-order valence-electron chi connectivity index (χ2n) is 10.5. The number of aryl methyl sites for hydroxylation is 1. The van der Waals surface area contributed by atoms with E-state index in [9.17, 15) is 23.1 Å². The quantitative estimate of drug-likeness (QED) is 0.258. The zero-order valence-electron chi connectivity index (χ0n) is 24.1. The first-order valence-electron chi connectivity index (χ1n) is 13.5. The summed E-state index contributed by atoms with van der Waals surface area (Å²) in [4.78, 5) is 15.3. The molecule has 1 aliphatic carbocycles. The minimum Gasteiger partial charge on any atom is -0.500 e. The Kier molecular flexibility index (Phi) is 9.90. The number of nitrogens with zero attached hydrogens (tertiary/aromatic N) is 4. The average Bonchev–Trinajstić information content (AvgIpc) is 3.17. The van der Waals surface area contributed by atoms with Gasteiger partial charge in [0.15, 0.2) is 0 Å². The van der Waals surface area contributed by atoms with Crippen LogP contribution in [-0.2, 0) is 11.8 Å². The van der Waals surface area contributed by atoms with E-state index in [1.807, 2.05) is 11.8 Å². The van der Waals surface area contributed by atoms with Crippen LogP contribution in [-0.4, -0.2) is 64.7 Å². The van der Waals surface area contributed by atoms with E-state index in [4.69, 9.17) is 27.9 Å². The number of hydrogen-bond acceptors (Lipinski definition) is 8. The number of aliphatic hydroxyl groups excluding tert-OH is 1. The SMILES string of the molecule is COC1=C(CN2CCC(O)CC2)C=C(C(F)(F)F)C=C(NC(=O)c2ccc(Cl)c(N(N)/C=C(\N)c3cnn(C)c3C)c2)C1. The van der Waals surface area contributed by atoms with Crippen molar-refractivity contribution in [1.29, 1.82) is 0 Å². The third-order valence-electron chi connectivity index (χ3n) is 7.48. The van der Waals surface area contributed by atoms with Crippen molar-refractivity contribution < 1.29 is 27.8 Å². The molecule has 2 aliphatic rings. The molecular weight excluding hydrogens is 587 g/mol. The lowest BCUT2D eigenvalue weighted by Gasteiger charge is -2.30. The molecule has 1 aromatic heterocycles. The molecule has 232 valence electrons. The summed E-state index contributed by atoms with van der Waals surface area (Å²) in [5, 5.41) is 17.9. The Morgan fingerprint density at radius 2 is 2.00 bits per heavy atom. The number of piperidine rings is 1. The van der Waals surface area contributed by atoms with E-state index in [2.05, 4.69) is 10.4 Å². The number of ether oxygens (including phenoxy) is 1. The Labute approximate surface area is 252 Å². The van der Waals surface area contributed by atoms with E-state index < -0.39 is 23.8 Å². The van der Waals surface area contributed by atoms with Gasteiger partial charge in [-0.05, 0) is 50.1 Å². The zero-order chi connectivity index (χ0) is 31.5. The van der Waals surface area contributed by atoms with E-state index in [-0.39, 0.29) is 34.9 Å². The molecule has 1 fully saturated rings. The van der Waals surface area contributed by atoms with Gasteiger partial charge in [0.1, 0.15) is 5.76 Å². The lowest BCUT2D eigenvalue weighted by molar-refractivity contribution is -0.0883. The van der Waals surface area contributed by atoms with Gasteiger partial charge in [0.2, 0.25) is 0 Å². The number of aromatic nitrogens is 2. The number of halogens is 4. The van der Waals surface area contributed by atoms with Crippen molar-refractivity contribution in [3.05, 3.63) is 87.2 Å². The second kappa shape index (κ2) is 13.2. The molecule has 14 heteroatoms. The summed E-state index contributed by atoms with van der Waals surface area (Å²) in [7, 11) is 3.16. The Balaban J connectivity index is 1.57. The molecule has 1 aromatic carbocycles. The van der Waals surface area contributed by atoms with Crippen LogP contribution in [0.15, 0.2) is 65.4 Å². The first-order valence-corrected chi connectivity index (χ1v) is 13.9. The Hall–Kier alpha value is -3.78. The van der Waals surface area contributed by atoms with E-state index in [1.165, 1.54) is 31.5 Å². The van der Waals surface area contributed by atoms with Crippen LogP contribution in [0.5, 0.6) is 0 Å². The number of likely N-dealkylation sites (tertiary alicyclic amines) is 1. The fourth-order valence-electron chi connectivity index (χ4n) is 4.88. The molecule has 43 heavy (non-hydrogen) atoms. The summed E-state index contributed by atoms with van der Waals surface area (Å²) in [6.45, 7) is 3.16. The summed E-state index contributed by atoms with van der Waals surface area (Å²) in [6, 6.07) is 4.31.